The first-order chi connectivity index (χ1) is 7.79. The van der Waals surface area contributed by atoms with Crippen molar-refractivity contribution in [2.75, 3.05) is 0 Å². The number of nitrogens with one attached hydrogen (secondary N) is 1. The van der Waals surface area contributed by atoms with Crippen LogP contribution in [0.1, 0.15) is 17.2 Å². The van der Waals surface area contributed by atoms with Crippen molar-refractivity contribution in [3.05, 3.63) is 57.6 Å². The molecule has 0 saturated carbocycles. The molecule has 0 radical (unpaired) electrons. The van der Waals surface area contributed by atoms with Gasteiger partial charge in [-0.3, -0.25) is 11.3 Å². The van der Waals surface area contributed by atoms with Crippen molar-refractivity contribution in [2.24, 2.45) is 5.84 Å². The van der Waals surface area contributed by atoms with Gasteiger partial charge in [-0.25, -0.2) is 0 Å². The Bertz CT molecular complexity index is 425. The van der Waals surface area contributed by atoms with Gasteiger partial charge in [0.1, 0.15) is 0 Å². The molecule has 1 heterocycles. The van der Waals surface area contributed by atoms with Crippen LogP contribution in [0, 0.1) is 3.57 Å². The minimum absolute atomic E-state index is 0.120. The van der Waals surface area contributed by atoms with Gasteiger partial charge in [0.2, 0.25) is 0 Å². The molecule has 0 fully saturated rings. The number of hydrogen-bond donors (Lipinski definition) is 2. The Kier molecular flexibility index (Phi) is 3.98. The molecular weight excluding hydrogens is 315 g/mol. The zero-order valence-electron chi connectivity index (χ0n) is 8.69. The van der Waals surface area contributed by atoms with Gasteiger partial charge in [0.25, 0.3) is 0 Å². The summed E-state index contributed by atoms with van der Waals surface area (Å²) >= 11 is 2.29. The van der Waals surface area contributed by atoms with Gasteiger partial charge < -0.3 is 4.42 Å². The zero-order chi connectivity index (χ0) is 11.4. The van der Waals surface area contributed by atoms with E-state index in [1.54, 1.807) is 12.5 Å². The quantitative estimate of drug-likeness (QED) is 0.515. The van der Waals surface area contributed by atoms with E-state index in [2.05, 4.69) is 52.3 Å². The van der Waals surface area contributed by atoms with Crippen LogP contribution in [0.3, 0.4) is 0 Å². The fourth-order valence-corrected chi connectivity index (χ4v) is 1.97. The molecule has 16 heavy (non-hydrogen) atoms. The molecular formula is C12H13IN2O. The minimum atomic E-state index is 0.120. The van der Waals surface area contributed by atoms with Gasteiger partial charge in [-0.2, -0.15) is 0 Å². The summed E-state index contributed by atoms with van der Waals surface area (Å²) in [6.07, 6.45) is 4.25. The van der Waals surface area contributed by atoms with E-state index in [1.165, 1.54) is 9.13 Å². The predicted molar refractivity (Wildman–Crippen MR) is 71.6 cm³/mol. The van der Waals surface area contributed by atoms with Crippen molar-refractivity contribution in [1.82, 2.24) is 5.43 Å². The van der Waals surface area contributed by atoms with E-state index in [-0.39, 0.29) is 6.04 Å². The van der Waals surface area contributed by atoms with Crippen molar-refractivity contribution in [2.45, 2.75) is 12.5 Å². The number of hydrogen-bond acceptors (Lipinski definition) is 3. The topological polar surface area (TPSA) is 51.2 Å². The maximum atomic E-state index is 5.58. The van der Waals surface area contributed by atoms with Crippen LogP contribution >= 0.6 is 22.6 Å². The van der Waals surface area contributed by atoms with E-state index in [0.717, 1.165) is 12.0 Å². The summed E-state index contributed by atoms with van der Waals surface area (Å²) < 4.78 is 6.27. The van der Waals surface area contributed by atoms with Crippen LogP contribution in [0.25, 0.3) is 0 Å². The maximum absolute atomic E-state index is 5.58. The largest absolute Gasteiger partial charge is 0.472 e. The molecule has 0 spiro atoms. The van der Waals surface area contributed by atoms with Crippen molar-refractivity contribution >= 4 is 22.6 Å². The SMILES string of the molecule is NNC(Cc1ccoc1)c1ccc(I)cc1. The van der Waals surface area contributed by atoms with Crippen LogP contribution in [0.4, 0.5) is 0 Å². The second-order valence-electron chi connectivity index (χ2n) is 3.61. The van der Waals surface area contributed by atoms with Gasteiger partial charge in [0.05, 0.1) is 18.6 Å². The van der Waals surface area contributed by atoms with E-state index < -0.39 is 0 Å². The molecule has 0 aliphatic heterocycles. The number of rotatable bonds is 4. The summed E-state index contributed by atoms with van der Waals surface area (Å²) in [5.74, 6) is 5.58. The molecule has 2 rings (SSSR count). The first-order valence-electron chi connectivity index (χ1n) is 5.02. The molecule has 4 heteroatoms. The molecule has 0 aliphatic carbocycles. The van der Waals surface area contributed by atoms with Crippen LogP contribution in [0.2, 0.25) is 0 Å². The van der Waals surface area contributed by atoms with E-state index in [1.807, 2.05) is 6.07 Å². The van der Waals surface area contributed by atoms with Gasteiger partial charge in [0, 0.05) is 3.57 Å². The fourth-order valence-electron chi connectivity index (χ4n) is 1.61. The molecule has 1 aromatic carbocycles. The Morgan fingerprint density at radius 2 is 2.00 bits per heavy atom. The lowest BCUT2D eigenvalue weighted by Crippen LogP contribution is -2.29. The lowest BCUT2D eigenvalue weighted by Gasteiger charge is -2.15. The summed E-state index contributed by atoms with van der Waals surface area (Å²) in [6, 6.07) is 10.4. The Morgan fingerprint density at radius 3 is 2.56 bits per heavy atom. The summed E-state index contributed by atoms with van der Waals surface area (Å²) in [6.45, 7) is 0. The Labute approximate surface area is 108 Å². The number of benzene rings is 1. The highest BCUT2D eigenvalue weighted by molar-refractivity contribution is 14.1. The van der Waals surface area contributed by atoms with Gasteiger partial charge in [-0.15, -0.1) is 0 Å². The normalized spacial score (nSPS) is 12.6. The third kappa shape index (κ3) is 2.84. The van der Waals surface area contributed by atoms with Crippen LogP contribution < -0.4 is 11.3 Å². The molecule has 84 valence electrons. The van der Waals surface area contributed by atoms with Crippen LogP contribution in [0.15, 0.2) is 47.3 Å². The van der Waals surface area contributed by atoms with E-state index >= 15 is 0 Å². The van der Waals surface area contributed by atoms with E-state index in [9.17, 15) is 0 Å². The highest BCUT2D eigenvalue weighted by atomic mass is 127. The number of hydrazine groups is 1. The minimum Gasteiger partial charge on any atom is -0.472 e. The lowest BCUT2D eigenvalue weighted by molar-refractivity contribution is 0.536. The van der Waals surface area contributed by atoms with Crippen molar-refractivity contribution < 1.29 is 4.42 Å². The van der Waals surface area contributed by atoms with Gasteiger partial charge in [-0.05, 0) is 58.3 Å². The standard InChI is InChI=1S/C12H13IN2O/c13-11-3-1-10(2-4-11)12(15-14)7-9-5-6-16-8-9/h1-6,8,12,15H,7,14H2. The smallest absolute Gasteiger partial charge is 0.0935 e. The molecule has 1 aromatic heterocycles. The molecule has 3 N–H and O–H groups in total. The molecule has 2 aromatic rings. The second-order valence-corrected chi connectivity index (χ2v) is 4.85. The first kappa shape index (κ1) is 11.6. The maximum Gasteiger partial charge on any atom is 0.0935 e. The predicted octanol–water partition coefficient (Wildman–Crippen LogP) is 2.63. The van der Waals surface area contributed by atoms with Crippen LogP contribution in [-0.4, -0.2) is 0 Å². The average molecular weight is 328 g/mol. The lowest BCUT2D eigenvalue weighted by atomic mass is 10.0. The van der Waals surface area contributed by atoms with Crippen molar-refractivity contribution in [3.8, 4) is 0 Å². The van der Waals surface area contributed by atoms with Gasteiger partial charge in [-0.1, -0.05) is 12.1 Å². The molecule has 1 unspecified atom stereocenters. The highest BCUT2D eigenvalue weighted by Crippen LogP contribution is 2.19. The zero-order valence-corrected chi connectivity index (χ0v) is 10.8. The molecule has 0 bridgehead atoms. The third-order valence-corrected chi connectivity index (χ3v) is 3.21. The van der Waals surface area contributed by atoms with E-state index in [4.69, 9.17) is 10.3 Å². The second kappa shape index (κ2) is 5.47. The molecule has 3 nitrogen and oxygen atoms in total. The Hall–Kier alpha value is -0.850. The average Bonchev–Trinajstić information content (AvgIpc) is 2.80. The Balaban J connectivity index is 2.13. The summed E-state index contributed by atoms with van der Waals surface area (Å²) in [7, 11) is 0. The number of halogens is 1. The first-order valence-corrected chi connectivity index (χ1v) is 6.10. The van der Waals surface area contributed by atoms with Crippen LogP contribution in [0.5, 0.6) is 0 Å². The molecule has 1 atom stereocenters. The highest BCUT2D eigenvalue weighted by Gasteiger charge is 2.10. The molecule has 0 saturated heterocycles. The summed E-state index contributed by atoms with van der Waals surface area (Å²) in [5, 5.41) is 0. The molecule has 0 aliphatic rings. The summed E-state index contributed by atoms with van der Waals surface area (Å²) in [4.78, 5) is 0. The van der Waals surface area contributed by atoms with Crippen molar-refractivity contribution in [3.63, 3.8) is 0 Å². The summed E-state index contributed by atoms with van der Waals surface area (Å²) in [5.41, 5.74) is 5.16. The van der Waals surface area contributed by atoms with Gasteiger partial charge in [0.15, 0.2) is 0 Å². The van der Waals surface area contributed by atoms with Crippen LogP contribution in [-0.2, 0) is 6.42 Å². The van der Waals surface area contributed by atoms with Crippen molar-refractivity contribution in [1.29, 1.82) is 0 Å². The monoisotopic (exact) mass is 328 g/mol. The number of nitrogens with two attached hydrogens (primary N) is 1. The molecule has 0 amide bonds. The number of furan rings is 1. The third-order valence-electron chi connectivity index (χ3n) is 2.49. The van der Waals surface area contributed by atoms with Gasteiger partial charge >= 0.3 is 0 Å². The van der Waals surface area contributed by atoms with E-state index in [0.29, 0.717) is 0 Å². The Morgan fingerprint density at radius 1 is 1.25 bits per heavy atom. The fraction of sp³-hybridized carbons (Fsp3) is 0.167.